The summed E-state index contributed by atoms with van der Waals surface area (Å²) >= 11 is 0. The number of nitrogen functional groups attached to an aromatic ring is 1. The molecular formula is C25H25N3O4. The molecule has 32 heavy (non-hydrogen) atoms. The zero-order valence-corrected chi connectivity index (χ0v) is 17.8. The van der Waals surface area contributed by atoms with E-state index >= 15 is 0 Å². The molecular weight excluding hydrogens is 406 g/mol. The van der Waals surface area contributed by atoms with E-state index in [9.17, 15) is 9.90 Å². The molecule has 0 saturated heterocycles. The first-order valence-electron chi connectivity index (χ1n) is 10.6. The maximum absolute atomic E-state index is 11.3. The number of anilines is 2. The Hall–Kier alpha value is -3.87. The zero-order valence-electron chi connectivity index (χ0n) is 17.8. The molecule has 0 unspecified atom stereocenters. The van der Waals surface area contributed by atoms with Crippen molar-refractivity contribution in [3.8, 4) is 0 Å². The van der Waals surface area contributed by atoms with Crippen molar-refractivity contribution >= 4 is 29.1 Å². The second kappa shape index (κ2) is 7.67. The average Bonchev–Trinajstić information content (AvgIpc) is 3.15. The van der Waals surface area contributed by atoms with Crippen LogP contribution >= 0.6 is 0 Å². The summed E-state index contributed by atoms with van der Waals surface area (Å²) in [5.74, 6) is 1.79. The lowest BCUT2D eigenvalue weighted by Gasteiger charge is -2.42. The fourth-order valence-electron chi connectivity index (χ4n) is 4.72. The number of furan rings is 1. The highest BCUT2D eigenvalue weighted by molar-refractivity contribution is 5.97. The zero-order chi connectivity index (χ0) is 22.3. The summed E-state index contributed by atoms with van der Waals surface area (Å²) in [5.41, 5.74) is 10.2. The number of rotatable bonds is 5. The summed E-state index contributed by atoms with van der Waals surface area (Å²) in [6.07, 6.45) is 1.63. The Labute approximate surface area is 186 Å². The third-order valence-corrected chi connectivity index (χ3v) is 6.40. The first kappa shape index (κ1) is 20.1. The van der Waals surface area contributed by atoms with Crippen LogP contribution < -0.4 is 16.0 Å². The fraction of sp³-hybridized carbons (Fsp3) is 0.240. The summed E-state index contributed by atoms with van der Waals surface area (Å²) < 4.78 is 11.6. The van der Waals surface area contributed by atoms with Crippen LogP contribution in [0.15, 0.2) is 65.1 Å². The van der Waals surface area contributed by atoms with Crippen molar-refractivity contribution < 1.29 is 19.1 Å². The summed E-state index contributed by atoms with van der Waals surface area (Å²) in [5, 5.41) is 12.0. The number of nitrogens with zero attached hydrogens (tertiary/aromatic N) is 1. The minimum Gasteiger partial charge on any atom is -0.494 e. The van der Waals surface area contributed by atoms with Gasteiger partial charge in [-0.25, -0.2) is 4.79 Å². The van der Waals surface area contributed by atoms with Crippen LogP contribution in [0.4, 0.5) is 16.4 Å². The molecule has 0 radical (unpaired) electrons. The third kappa shape index (κ3) is 3.26. The van der Waals surface area contributed by atoms with E-state index in [1.54, 1.807) is 13.2 Å². The molecule has 7 nitrogen and oxygen atoms in total. The van der Waals surface area contributed by atoms with Gasteiger partial charge in [-0.2, -0.15) is 0 Å². The van der Waals surface area contributed by atoms with Gasteiger partial charge < -0.3 is 30.2 Å². The summed E-state index contributed by atoms with van der Waals surface area (Å²) in [7, 11) is 1.65. The van der Waals surface area contributed by atoms with Gasteiger partial charge in [-0.15, -0.1) is 0 Å². The van der Waals surface area contributed by atoms with E-state index < -0.39 is 11.6 Å². The van der Waals surface area contributed by atoms with Crippen molar-refractivity contribution in [3.05, 3.63) is 83.1 Å². The van der Waals surface area contributed by atoms with E-state index in [1.807, 2.05) is 54.6 Å². The number of carbonyl (C=O) groups is 1. The van der Waals surface area contributed by atoms with Gasteiger partial charge in [0.15, 0.2) is 11.6 Å². The van der Waals surface area contributed by atoms with Crippen molar-refractivity contribution in [2.24, 2.45) is 0 Å². The standard InChI is InChI=1S/C25H25N3O4/c1-31-23-19-14-21(26)32-20(19)15-28(22(23)16-6-3-2-4-7-16)18-10-8-17(9-11-18)25(12-5-13-25)27-24(29)30/h2-4,6-11,14,27H,5,12-13,15,26H2,1H3,(H,29,30). The predicted octanol–water partition coefficient (Wildman–Crippen LogP) is 5.00. The normalized spacial score (nSPS) is 16.8. The van der Waals surface area contributed by atoms with Crippen LogP contribution in [-0.4, -0.2) is 18.3 Å². The van der Waals surface area contributed by atoms with E-state index in [2.05, 4.69) is 10.2 Å². The van der Waals surface area contributed by atoms with Crippen LogP contribution in [0, 0.1) is 0 Å². The molecule has 0 atom stereocenters. The molecule has 1 aliphatic heterocycles. The smallest absolute Gasteiger partial charge is 0.405 e. The Bertz CT molecular complexity index is 1180. The van der Waals surface area contributed by atoms with Crippen molar-refractivity contribution in [2.45, 2.75) is 31.3 Å². The highest BCUT2D eigenvalue weighted by Crippen LogP contribution is 2.44. The largest absolute Gasteiger partial charge is 0.494 e. The van der Waals surface area contributed by atoms with Crippen LogP contribution in [0.1, 0.15) is 41.7 Å². The van der Waals surface area contributed by atoms with Crippen LogP contribution in [0.25, 0.3) is 11.5 Å². The van der Waals surface area contributed by atoms with Crippen molar-refractivity contribution in [3.63, 3.8) is 0 Å². The van der Waals surface area contributed by atoms with Crippen molar-refractivity contribution in [2.75, 3.05) is 17.7 Å². The summed E-state index contributed by atoms with van der Waals surface area (Å²) in [4.78, 5) is 13.5. The molecule has 3 aromatic rings. The number of carboxylic acid groups (broad SMARTS) is 1. The number of hydrogen-bond donors (Lipinski definition) is 3. The van der Waals surface area contributed by atoms with Crippen molar-refractivity contribution in [1.82, 2.24) is 5.32 Å². The first-order chi connectivity index (χ1) is 15.5. The quantitative estimate of drug-likeness (QED) is 0.525. The molecule has 1 aromatic heterocycles. The maximum atomic E-state index is 11.3. The number of nitrogens with one attached hydrogen (secondary N) is 1. The Morgan fingerprint density at radius 2 is 1.88 bits per heavy atom. The Morgan fingerprint density at radius 1 is 1.16 bits per heavy atom. The molecule has 4 N–H and O–H groups in total. The maximum Gasteiger partial charge on any atom is 0.405 e. The molecule has 5 rings (SSSR count). The van der Waals surface area contributed by atoms with Gasteiger partial charge in [-0.3, -0.25) is 0 Å². The number of methoxy groups -OCH3 is 1. The van der Waals surface area contributed by atoms with E-state index in [1.165, 1.54) is 0 Å². The summed E-state index contributed by atoms with van der Waals surface area (Å²) in [6, 6.07) is 19.9. The Kier molecular flexibility index (Phi) is 4.81. The van der Waals surface area contributed by atoms with E-state index in [4.69, 9.17) is 14.9 Å². The van der Waals surface area contributed by atoms with Gasteiger partial charge in [0.05, 0.1) is 30.5 Å². The highest BCUT2D eigenvalue weighted by Gasteiger charge is 2.40. The molecule has 164 valence electrons. The van der Waals surface area contributed by atoms with Crippen molar-refractivity contribution in [1.29, 1.82) is 0 Å². The Balaban J connectivity index is 1.58. The molecule has 0 spiro atoms. The first-order valence-corrected chi connectivity index (χ1v) is 10.6. The van der Waals surface area contributed by atoms with E-state index in [0.29, 0.717) is 18.2 Å². The highest BCUT2D eigenvalue weighted by atomic mass is 16.5. The van der Waals surface area contributed by atoms with Crippen LogP contribution in [0.2, 0.25) is 0 Å². The number of nitrogens with two attached hydrogens (primary N) is 1. The fourth-order valence-corrected chi connectivity index (χ4v) is 4.72. The van der Waals surface area contributed by atoms with Crippen LogP contribution in [-0.2, 0) is 16.8 Å². The molecule has 1 amide bonds. The number of amides is 1. The van der Waals surface area contributed by atoms with Gasteiger partial charge in [-0.05, 0) is 37.0 Å². The van der Waals surface area contributed by atoms with Gasteiger partial charge in [0.1, 0.15) is 5.76 Å². The van der Waals surface area contributed by atoms with Gasteiger partial charge in [-0.1, -0.05) is 42.5 Å². The molecule has 1 saturated carbocycles. The number of fused-ring (bicyclic) bond motifs is 1. The molecule has 7 heteroatoms. The second-order valence-corrected chi connectivity index (χ2v) is 8.23. The second-order valence-electron chi connectivity index (χ2n) is 8.23. The summed E-state index contributed by atoms with van der Waals surface area (Å²) in [6.45, 7) is 0.501. The minimum absolute atomic E-state index is 0.348. The van der Waals surface area contributed by atoms with E-state index in [0.717, 1.165) is 53.1 Å². The van der Waals surface area contributed by atoms with Gasteiger partial charge in [0.25, 0.3) is 0 Å². The molecule has 1 aliphatic carbocycles. The third-order valence-electron chi connectivity index (χ3n) is 6.40. The van der Waals surface area contributed by atoms with Crippen LogP contribution in [0.3, 0.4) is 0 Å². The van der Waals surface area contributed by atoms with Gasteiger partial charge in [0.2, 0.25) is 0 Å². The minimum atomic E-state index is -0.994. The van der Waals surface area contributed by atoms with E-state index in [-0.39, 0.29) is 0 Å². The monoisotopic (exact) mass is 431 g/mol. The molecule has 2 aromatic carbocycles. The lowest BCUT2D eigenvalue weighted by Crippen LogP contribution is -2.50. The lowest BCUT2D eigenvalue weighted by molar-refractivity contribution is 0.144. The van der Waals surface area contributed by atoms with Gasteiger partial charge >= 0.3 is 6.09 Å². The molecule has 1 fully saturated rings. The molecule has 2 aliphatic rings. The van der Waals surface area contributed by atoms with Gasteiger partial charge in [0, 0.05) is 17.3 Å². The average molecular weight is 431 g/mol. The predicted molar refractivity (Wildman–Crippen MR) is 123 cm³/mol. The Morgan fingerprint density at radius 3 is 2.47 bits per heavy atom. The molecule has 2 heterocycles. The number of hydrogen-bond acceptors (Lipinski definition) is 5. The number of ether oxygens (including phenoxy) is 1. The molecule has 0 bridgehead atoms. The number of benzene rings is 2. The SMILES string of the molecule is COC1=C(c2ccccc2)N(c2ccc(C3(NC(=O)O)CCC3)cc2)Cc2oc(N)cc21. The topological polar surface area (TPSA) is 101 Å². The van der Waals surface area contributed by atoms with Crippen LogP contribution in [0.5, 0.6) is 0 Å². The lowest BCUT2D eigenvalue weighted by atomic mass is 9.72.